The Morgan fingerprint density at radius 3 is 2.51 bits per heavy atom. The van der Waals surface area contributed by atoms with E-state index in [9.17, 15) is 14.4 Å². The highest BCUT2D eigenvalue weighted by molar-refractivity contribution is 5.98. The second-order valence-corrected chi connectivity index (χ2v) is 12.3. The molecule has 0 bridgehead atoms. The van der Waals surface area contributed by atoms with Gasteiger partial charge in [0.1, 0.15) is 18.9 Å². The molecule has 43 heavy (non-hydrogen) atoms. The summed E-state index contributed by atoms with van der Waals surface area (Å²) in [5.74, 6) is 0.879. The van der Waals surface area contributed by atoms with Crippen LogP contribution < -0.4 is 15.4 Å². The van der Waals surface area contributed by atoms with Gasteiger partial charge in [0.05, 0.1) is 12.3 Å². The number of hydrogen-bond donors (Lipinski definition) is 2. The van der Waals surface area contributed by atoms with Crippen LogP contribution in [0.1, 0.15) is 76.8 Å². The number of fused-ring (bicyclic) bond motifs is 1. The van der Waals surface area contributed by atoms with Gasteiger partial charge in [0, 0.05) is 37.2 Å². The number of rotatable bonds is 10. The summed E-state index contributed by atoms with van der Waals surface area (Å²) >= 11 is 0. The second-order valence-electron chi connectivity index (χ2n) is 12.3. The van der Waals surface area contributed by atoms with Gasteiger partial charge >= 0.3 is 6.09 Å². The Morgan fingerprint density at radius 2 is 1.79 bits per heavy atom. The highest BCUT2D eigenvalue weighted by atomic mass is 16.5. The Kier molecular flexibility index (Phi) is 11.0. The highest BCUT2D eigenvalue weighted by Crippen LogP contribution is 2.30. The Bertz CT molecular complexity index is 1280. The standard InChI is InChI=1S/C33H45N5O5/c1-33(2,3)36-29(39)22-38-21-25-20-27(42-19-11-16-30(40)37(4)26-14-9-6-10-15-26)17-18-28(25)34-31(38)35-32(41)43-23-24-12-7-5-8-13-24/h5,7-8,12-13,17-18,20,26H,6,9-11,14-16,19,21-23H2,1-4H3,(H,36,39)(H,34,35,41). The molecule has 0 unspecified atom stereocenters. The minimum Gasteiger partial charge on any atom is -0.494 e. The Hall–Kier alpha value is -4.08. The summed E-state index contributed by atoms with van der Waals surface area (Å²) in [6, 6.07) is 15.3. The molecule has 0 saturated heterocycles. The maximum atomic E-state index is 12.8. The Morgan fingerprint density at radius 1 is 1.05 bits per heavy atom. The van der Waals surface area contributed by atoms with Crippen molar-refractivity contribution in [2.45, 2.75) is 90.4 Å². The molecule has 1 aliphatic heterocycles. The van der Waals surface area contributed by atoms with E-state index in [0.717, 1.165) is 24.0 Å². The van der Waals surface area contributed by atoms with Gasteiger partial charge in [0.25, 0.3) is 0 Å². The van der Waals surface area contributed by atoms with Crippen LogP contribution in [0.5, 0.6) is 5.75 Å². The third kappa shape index (κ3) is 10.0. The van der Waals surface area contributed by atoms with Crippen molar-refractivity contribution in [3.05, 3.63) is 59.7 Å². The fourth-order valence-electron chi connectivity index (χ4n) is 5.33. The molecular formula is C33H45N5O5. The Labute approximate surface area is 254 Å². The van der Waals surface area contributed by atoms with Crippen molar-refractivity contribution in [1.82, 2.24) is 20.4 Å². The zero-order chi connectivity index (χ0) is 30.8. The third-order valence-corrected chi connectivity index (χ3v) is 7.53. The average molecular weight is 592 g/mol. The third-order valence-electron chi connectivity index (χ3n) is 7.53. The predicted molar refractivity (Wildman–Crippen MR) is 166 cm³/mol. The maximum Gasteiger partial charge on any atom is 0.414 e. The highest BCUT2D eigenvalue weighted by Gasteiger charge is 2.26. The lowest BCUT2D eigenvalue weighted by Gasteiger charge is -2.31. The van der Waals surface area contributed by atoms with Gasteiger partial charge in [-0.2, -0.15) is 0 Å². The first-order chi connectivity index (χ1) is 20.6. The fraction of sp³-hybridized carbons (Fsp3) is 0.515. The van der Waals surface area contributed by atoms with E-state index in [0.29, 0.717) is 43.5 Å². The van der Waals surface area contributed by atoms with Crippen LogP contribution in [-0.4, -0.2) is 65.4 Å². The van der Waals surface area contributed by atoms with Gasteiger partial charge < -0.3 is 24.6 Å². The maximum absolute atomic E-state index is 12.8. The largest absolute Gasteiger partial charge is 0.494 e. The van der Waals surface area contributed by atoms with E-state index in [1.54, 1.807) is 4.90 Å². The molecule has 10 nitrogen and oxygen atoms in total. The summed E-state index contributed by atoms with van der Waals surface area (Å²) in [5, 5.41) is 5.67. The molecule has 3 amide bonds. The number of carbonyl (C=O) groups excluding carboxylic acids is 3. The molecule has 0 spiro atoms. The van der Waals surface area contributed by atoms with E-state index in [1.165, 1.54) is 19.3 Å². The van der Waals surface area contributed by atoms with Crippen LogP contribution in [0.25, 0.3) is 0 Å². The molecule has 4 rings (SSSR count). The van der Waals surface area contributed by atoms with E-state index in [1.807, 2.05) is 81.2 Å². The molecule has 0 aromatic heterocycles. The Balaban J connectivity index is 1.36. The number of benzene rings is 2. The number of nitrogens with one attached hydrogen (secondary N) is 2. The zero-order valence-electron chi connectivity index (χ0n) is 25.9. The summed E-state index contributed by atoms with van der Waals surface area (Å²) in [7, 11) is 1.92. The molecule has 0 radical (unpaired) electrons. The lowest BCUT2D eigenvalue weighted by molar-refractivity contribution is -0.132. The van der Waals surface area contributed by atoms with E-state index in [4.69, 9.17) is 9.47 Å². The quantitative estimate of drug-likeness (QED) is 0.364. The SMILES string of the molecule is CN(C(=O)CCCOc1ccc2c(c1)CN(CC(=O)NC(C)(C)C)C(NC(=O)OCc1ccccc1)=N2)C1CCCCC1. The average Bonchev–Trinajstić information content (AvgIpc) is 2.98. The van der Waals surface area contributed by atoms with Gasteiger partial charge in [-0.1, -0.05) is 49.6 Å². The number of amides is 3. The molecule has 2 aromatic carbocycles. The minimum atomic E-state index is -0.657. The predicted octanol–water partition coefficient (Wildman–Crippen LogP) is 5.28. The molecule has 2 N–H and O–H groups in total. The number of ether oxygens (including phenoxy) is 2. The lowest BCUT2D eigenvalue weighted by atomic mass is 9.94. The number of guanidine groups is 1. The van der Waals surface area contributed by atoms with Crippen molar-refractivity contribution in [3.8, 4) is 5.75 Å². The number of carbonyl (C=O) groups is 3. The molecule has 2 aliphatic rings. The molecule has 1 fully saturated rings. The van der Waals surface area contributed by atoms with Crippen molar-refractivity contribution in [2.24, 2.45) is 4.99 Å². The van der Waals surface area contributed by atoms with E-state index < -0.39 is 11.6 Å². The number of nitrogens with zero attached hydrogens (tertiary/aromatic N) is 3. The molecule has 1 aliphatic carbocycles. The number of aliphatic imine (C=N–C) groups is 1. The summed E-state index contributed by atoms with van der Waals surface area (Å²) in [5.41, 5.74) is 1.99. The summed E-state index contributed by atoms with van der Waals surface area (Å²) in [4.78, 5) is 46.4. The molecule has 10 heteroatoms. The topological polar surface area (TPSA) is 113 Å². The van der Waals surface area contributed by atoms with Gasteiger partial charge in [0.15, 0.2) is 0 Å². The summed E-state index contributed by atoms with van der Waals surface area (Å²) in [6.45, 7) is 6.61. The number of alkyl carbamates (subject to hydrolysis) is 1. The summed E-state index contributed by atoms with van der Waals surface area (Å²) in [6.07, 6.45) is 6.27. The first-order valence-corrected chi connectivity index (χ1v) is 15.2. The molecule has 232 valence electrons. The van der Waals surface area contributed by atoms with Crippen molar-refractivity contribution in [1.29, 1.82) is 0 Å². The molecule has 1 heterocycles. The first kappa shape index (κ1) is 31.8. The van der Waals surface area contributed by atoms with Crippen LogP contribution in [0.15, 0.2) is 53.5 Å². The molecule has 0 atom stereocenters. The van der Waals surface area contributed by atoms with Crippen LogP contribution in [0, 0.1) is 0 Å². The van der Waals surface area contributed by atoms with Gasteiger partial charge in [-0.25, -0.2) is 9.79 Å². The van der Waals surface area contributed by atoms with Crippen molar-refractivity contribution >= 4 is 29.6 Å². The van der Waals surface area contributed by atoms with Gasteiger partial charge in [-0.15, -0.1) is 0 Å². The van der Waals surface area contributed by atoms with Crippen LogP contribution in [0.4, 0.5) is 10.5 Å². The van der Waals surface area contributed by atoms with E-state index in [-0.39, 0.29) is 30.9 Å². The normalized spacial score (nSPS) is 15.2. The van der Waals surface area contributed by atoms with Gasteiger partial charge in [-0.05, 0) is 63.8 Å². The van der Waals surface area contributed by atoms with E-state index >= 15 is 0 Å². The van der Waals surface area contributed by atoms with Crippen molar-refractivity contribution < 1.29 is 23.9 Å². The smallest absolute Gasteiger partial charge is 0.414 e. The zero-order valence-corrected chi connectivity index (χ0v) is 25.9. The lowest BCUT2D eigenvalue weighted by Crippen LogP contribution is -2.51. The molecule has 2 aromatic rings. The van der Waals surface area contributed by atoms with Crippen LogP contribution in [-0.2, 0) is 27.5 Å². The van der Waals surface area contributed by atoms with Crippen LogP contribution in [0.3, 0.4) is 0 Å². The number of hydrogen-bond acceptors (Lipinski definition) is 7. The minimum absolute atomic E-state index is 0.00375. The monoisotopic (exact) mass is 591 g/mol. The van der Waals surface area contributed by atoms with Gasteiger partial charge in [0.2, 0.25) is 17.8 Å². The van der Waals surface area contributed by atoms with Crippen LogP contribution in [0.2, 0.25) is 0 Å². The second kappa shape index (κ2) is 14.9. The molecule has 1 saturated carbocycles. The van der Waals surface area contributed by atoms with Gasteiger partial charge in [-0.3, -0.25) is 14.9 Å². The van der Waals surface area contributed by atoms with Crippen molar-refractivity contribution in [3.63, 3.8) is 0 Å². The van der Waals surface area contributed by atoms with E-state index in [2.05, 4.69) is 15.6 Å². The first-order valence-electron chi connectivity index (χ1n) is 15.2. The molecular weight excluding hydrogens is 546 g/mol. The fourth-order valence-corrected chi connectivity index (χ4v) is 5.33. The summed E-state index contributed by atoms with van der Waals surface area (Å²) < 4.78 is 11.4. The van der Waals surface area contributed by atoms with Crippen LogP contribution >= 0.6 is 0 Å². The van der Waals surface area contributed by atoms with Crippen molar-refractivity contribution in [2.75, 3.05) is 20.2 Å².